The molecule has 14 heavy (non-hydrogen) atoms. The van der Waals surface area contributed by atoms with Crippen LogP contribution >= 0.6 is 11.8 Å². The number of hydrogen-bond acceptors (Lipinski definition) is 4. The van der Waals surface area contributed by atoms with E-state index in [9.17, 15) is 0 Å². The molecule has 1 aromatic rings. The molecule has 1 N–H and O–H groups in total. The van der Waals surface area contributed by atoms with Gasteiger partial charge in [0, 0.05) is 18.4 Å². The summed E-state index contributed by atoms with van der Waals surface area (Å²) in [5.74, 6) is 3.47. The lowest BCUT2D eigenvalue weighted by Gasteiger charge is -2.23. The Morgan fingerprint density at radius 2 is 2.00 bits per heavy atom. The molecule has 0 unspecified atom stereocenters. The number of nitrogens with one attached hydrogen (secondary N) is 1. The van der Waals surface area contributed by atoms with Gasteiger partial charge in [0.25, 0.3) is 0 Å². The van der Waals surface area contributed by atoms with Crippen molar-refractivity contribution in [2.75, 3.05) is 16.8 Å². The molecule has 2 heterocycles. The highest BCUT2D eigenvalue weighted by molar-refractivity contribution is 7.99. The van der Waals surface area contributed by atoms with E-state index in [0.717, 1.165) is 11.5 Å². The number of aromatic nitrogens is 2. The Morgan fingerprint density at radius 3 is 2.71 bits per heavy atom. The van der Waals surface area contributed by atoms with Gasteiger partial charge in [0.15, 0.2) is 0 Å². The van der Waals surface area contributed by atoms with Crippen LogP contribution in [0.3, 0.4) is 0 Å². The maximum absolute atomic E-state index is 4.29. The highest BCUT2D eigenvalue weighted by atomic mass is 32.2. The fraction of sp³-hybridized carbons (Fsp3) is 0.600. The van der Waals surface area contributed by atoms with Crippen molar-refractivity contribution in [3.63, 3.8) is 0 Å². The van der Waals surface area contributed by atoms with Crippen LogP contribution in [0.4, 0.5) is 5.82 Å². The number of hydrogen-bond donors (Lipinski definition) is 1. The smallest absolute Gasteiger partial charge is 0.147 e. The lowest BCUT2D eigenvalue weighted by atomic mass is 10.1. The van der Waals surface area contributed by atoms with Crippen LogP contribution in [0.5, 0.6) is 0 Å². The van der Waals surface area contributed by atoms with Gasteiger partial charge in [-0.15, -0.1) is 0 Å². The summed E-state index contributed by atoms with van der Waals surface area (Å²) in [7, 11) is 0. The molecule has 0 bridgehead atoms. The monoisotopic (exact) mass is 209 g/mol. The van der Waals surface area contributed by atoms with Gasteiger partial charge in [-0.05, 0) is 31.3 Å². The molecule has 0 atom stereocenters. The minimum atomic E-state index is 0.589. The molecule has 3 nitrogen and oxygen atoms in total. The fourth-order valence-corrected chi connectivity index (χ4v) is 2.69. The zero-order valence-corrected chi connectivity index (χ0v) is 9.18. The van der Waals surface area contributed by atoms with Gasteiger partial charge < -0.3 is 5.32 Å². The van der Waals surface area contributed by atoms with Gasteiger partial charge >= 0.3 is 0 Å². The van der Waals surface area contributed by atoms with Crippen LogP contribution in [0.2, 0.25) is 0 Å². The minimum absolute atomic E-state index is 0.589. The topological polar surface area (TPSA) is 37.8 Å². The van der Waals surface area contributed by atoms with Crippen molar-refractivity contribution in [3.8, 4) is 0 Å². The summed E-state index contributed by atoms with van der Waals surface area (Å²) in [5, 5.41) is 3.46. The standard InChI is InChI=1S/C10H15N3S/c1-8-10(12-5-4-11-8)13-9-2-6-14-7-3-9/h4-5,9H,2-3,6-7H2,1H3,(H,12,13). The van der Waals surface area contributed by atoms with E-state index in [4.69, 9.17) is 0 Å². The van der Waals surface area contributed by atoms with Gasteiger partial charge in [-0.3, -0.25) is 4.98 Å². The van der Waals surface area contributed by atoms with Gasteiger partial charge in [-0.2, -0.15) is 11.8 Å². The van der Waals surface area contributed by atoms with Crippen molar-refractivity contribution in [2.24, 2.45) is 0 Å². The summed E-state index contributed by atoms with van der Waals surface area (Å²) in [6.07, 6.45) is 5.95. The number of nitrogens with zero attached hydrogens (tertiary/aromatic N) is 2. The van der Waals surface area contributed by atoms with Crippen LogP contribution in [-0.2, 0) is 0 Å². The third kappa shape index (κ3) is 2.38. The molecule has 1 aromatic heterocycles. The molecule has 0 saturated carbocycles. The predicted molar refractivity (Wildman–Crippen MR) is 60.7 cm³/mol. The number of rotatable bonds is 2. The van der Waals surface area contributed by atoms with E-state index in [-0.39, 0.29) is 0 Å². The fourth-order valence-electron chi connectivity index (χ4n) is 1.58. The molecule has 4 heteroatoms. The molecule has 1 aliphatic rings. The minimum Gasteiger partial charge on any atom is -0.366 e. The first-order valence-corrected chi connectivity index (χ1v) is 6.13. The van der Waals surface area contributed by atoms with Crippen LogP contribution in [0, 0.1) is 6.92 Å². The third-order valence-corrected chi connectivity index (χ3v) is 3.49. The molecular formula is C10H15N3S. The Bertz CT molecular complexity index is 297. The summed E-state index contributed by atoms with van der Waals surface area (Å²) in [5.41, 5.74) is 0.991. The van der Waals surface area contributed by atoms with Crippen LogP contribution in [0.15, 0.2) is 12.4 Å². The molecule has 1 saturated heterocycles. The van der Waals surface area contributed by atoms with E-state index < -0.39 is 0 Å². The number of anilines is 1. The first kappa shape index (κ1) is 9.77. The third-order valence-electron chi connectivity index (χ3n) is 2.44. The Labute approximate surface area is 88.7 Å². The van der Waals surface area contributed by atoms with E-state index in [1.807, 2.05) is 18.7 Å². The zero-order chi connectivity index (χ0) is 9.80. The van der Waals surface area contributed by atoms with Crippen molar-refractivity contribution in [3.05, 3.63) is 18.1 Å². The first-order valence-electron chi connectivity index (χ1n) is 4.98. The van der Waals surface area contributed by atoms with Crippen LogP contribution in [-0.4, -0.2) is 27.5 Å². The van der Waals surface area contributed by atoms with E-state index in [2.05, 4.69) is 15.3 Å². The Hall–Kier alpha value is -0.770. The largest absolute Gasteiger partial charge is 0.366 e. The summed E-state index contributed by atoms with van der Waals surface area (Å²) in [4.78, 5) is 8.51. The number of thioether (sulfide) groups is 1. The molecule has 1 fully saturated rings. The summed E-state index contributed by atoms with van der Waals surface area (Å²) >= 11 is 2.04. The molecular weight excluding hydrogens is 194 g/mol. The van der Waals surface area contributed by atoms with Crippen LogP contribution < -0.4 is 5.32 Å². The summed E-state index contributed by atoms with van der Waals surface area (Å²) in [6, 6.07) is 0.589. The Morgan fingerprint density at radius 1 is 1.29 bits per heavy atom. The average Bonchev–Trinajstić information content (AvgIpc) is 2.23. The maximum atomic E-state index is 4.29. The van der Waals surface area contributed by atoms with E-state index in [1.165, 1.54) is 24.3 Å². The second-order valence-corrected chi connectivity index (χ2v) is 4.75. The van der Waals surface area contributed by atoms with Crippen molar-refractivity contribution >= 4 is 17.6 Å². The van der Waals surface area contributed by atoms with Gasteiger partial charge in [0.2, 0.25) is 0 Å². The molecule has 0 aliphatic carbocycles. The van der Waals surface area contributed by atoms with Crippen molar-refractivity contribution in [1.29, 1.82) is 0 Å². The van der Waals surface area contributed by atoms with Gasteiger partial charge in [-0.25, -0.2) is 4.98 Å². The molecule has 2 rings (SSSR count). The highest BCUT2D eigenvalue weighted by Gasteiger charge is 2.14. The molecule has 0 radical (unpaired) electrons. The molecule has 0 amide bonds. The van der Waals surface area contributed by atoms with Crippen molar-refractivity contribution < 1.29 is 0 Å². The lowest BCUT2D eigenvalue weighted by molar-refractivity contribution is 0.662. The normalized spacial score (nSPS) is 18.1. The van der Waals surface area contributed by atoms with Gasteiger partial charge in [-0.1, -0.05) is 0 Å². The highest BCUT2D eigenvalue weighted by Crippen LogP contribution is 2.20. The van der Waals surface area contributed by atoms with E-state index in [1.54, 1.807) is 12.4 Å². The second-order valence-electron chi connectivity index (χ2n) is 3.52. The Kier molecular flexibility index (Phi) is 3.24. The lowest BCUT2D eigenvalue weighted by Crippen LogP contribution is -2.25. The predicted octanol–water partition coefficient (Wildman–Crippen LogP) is 2.09. The van der Waals surface area contributed by atoms with E-state index in [0.29, 0.717) is 6.04 Å². The second kappa shape index (κ2) is 4.64. The Balaban J connectivity index is 1.99. The van der Waals surface area contributed by atoms with Crippen LogP contribution in [0.1, 0.15) is 18.5 Å². The molecule has 0 spiro atoms. The zero-order valence-electron chi connectivity index (χ0n) is 8.36. The molecule has 76 valence electrons. The SMILES string of the molecule is Cc1nccnc1NC1CCSCC1. The van der Waals surface area contributed by atoms with Gasteiger partial charge in [0.1, 0.15) is 5.82 Å². The number of aryl methyl sites for hydroxylation is 1. The van der Waals surface area contributed by atoms with Crippen molar-refractivity contribution in [1.82, 2.24) is 9.97 Å². The van der Waals surface area contributed by atoms with E-state index >= 15 is 0 Å². The average molecular weight is 209 g/mol. The summed E-state index contributed by atoms with van der Waals surface area (Å²) in [6.45, 7) is 1.99. The van der Waals surface area contributed by atoms with Crippen molar-refractivity contribution in [2.45, 2.75) is 25.8 Å². The molecule has 0 aromatic carbocycles. The summed E-state index contributed by atoms with van der Waals surface area (Å²) < 4.78 is 0. The first-order chi connectivity index (χ1) is 6.86. The van der Waals surface area contributed by atoms with Crippen LogP contribution in [0.25, 0.3) is 0 Å². The molecule has 1 aliphatic heterocycles. The van der Waals surface area contributed by atoms with Gasteiger partial charge in [0.05, 0.1) is 5.69 Å². The quantitative estimate of drug-likeness (QED) is 0.809. The maximum Gasteiger partial charge on any atom is 0.147 e.